The van der Waals surface area contributed by atoms with E-state index in [9.17, 15) is 15.0 Å². The van der Waals surface area contributed by atoms with Gasteiger partial charge in [0.05, 0.1) is 23.3 Å². The first-order chi connectivity index (χ1) is 11.4. The highest BCUT2D eigenvalue weighted by atomic mass is 32.1. The second kappa shape index (κ2) is 6.45. The van der Waals surface area contributed by atoms with Gasteiger partial charge in [0.1, 0.15) is 21.3 Å². The van der Waals surface area contributed by atoms with Crippen LogP contribution in [0.15, 0.2) is 6.07 Å². The normalized spacial score (nSPS) is 16.1. The molecule has 0 radical (unpaired) electrons. The summed E-state index contributed by atoms with van der Waals surface area (Å²) in [6.07, 6.45) is 1.03. The Bertz CT molecular complexity index is 766. The summed E-state index contributed by atoms with van der Waals surface area (Å²) in [6.45, 7) is 5.22. The van der Waals surface area contributed by atoms with E-state index in [2.05, 4.69) is 9.88 Å². The van der Waals surface area contributed by atoms with Gasteiger partial charge in [-0.25, -0.2) is 9.78 Å². The molecule has 0 atom stereocenters. The number of nitrogens with zero attached hydrogens (tertiary/aromatic N) is 2. The van der Waals surface area contributed by atoms with Crippen LogP contribution in [-0.2, 0) is 0 Å². The molecule has 7 nitrogen and oxygen atoms in total. The van der Waals surface area contributed by atoms with Crippen molar-refractivity contribution < 1.29 is 19.7 Å². The number of rotatable bonds is 4. The van der Waals surface area contributed by atoms with Gasteiger partial charge in [-0.05, 0) is 26.7 Å². The maximum atomic E-state index is 11.4. The topological polar surface area (TPSA) is 109 Å². The third-order valence-corrected chi connectivity index (χ3v) is 5.08. The molecule has 0 saturated carbocycles. The number of anilines is 2. The Labute approximate surface area is 143 Å². The summed E-state index contributed by atoms with van der Waals surface area (Å²) in [5.41, 5.74) is 6.23. The summed E-state index contributed by atoms with van der Waals surface area (Å²) in [7, 11) is 0. The molecule has 3 heterocycles. The highest BCUT2D eigenvalue weighted by Crippen LogP contribution is 2.41. The summed E-state index contributed by atoms with van der Waals surface area (Å²) in [5.74, 6) is 0.217. The van der Waals surface area contributed by atoms with Gasteiger partial charge in [0.2, 0.25) is 0 Å². The van der Waals surface area contributed by atoms with Gasteiger partial charge in [-0.15, -0.1) is 11.3 Å². The number of fused-ring (bicyclic) bond motifs is 1. The largest absolute Gasteiger partial charge is 0.490 e. The lowest BCUT2D eigenvalue weighted by atomic mass is 10.1. The number of carboxylic acid groups (broad SMARTS) is 1. The zero-order valence-corrected chi connectivity index (χ0v) is 14.5. The molecule has 1 fully saturated rings. The third-order valence-electron chi connectivity index (χ3n) is 3.99. The Hall–Kier alpha value is -2.06. The molecule has 8 heteroatoms. The molecule has 2 aromatic rings. The number of carbonyl (C=O) groups is 1. The average Bonchev–Trinajstić information content (AvgIpc) is 2.85. The van der Waals surface area contributed by atoms with Crippen molar-refractivity contribution in [3.63, 3.8) is 0 Å². The van der Waals surface area contributed by atoms with Crippen LogP contribution in [0.4, 0.5) is 11.5 Å². The number of ether oxygens (including phenoxy) is 1. The minimum Gasteiger partial charge on any atom is -0.490 e. The number of aliphatic hydroxyl groups excluding tert-OH is 1. The number of aromatic carboxylic acids is 1. The molecule has 0 bridgehead atoms. The molecule has 0 aromatic carbocycles. The van der Waals surface area contributed by atoms with Crippen LogP contribution in [0, 0.1) is 0 Å². The van der Waals surface area contributed by atoms with Crippen molar-refractivity contribution in [2.24, 2.45) is 0 Å². The van der Waals surface area contributed by atoms with E-state index in [1.165, 1.54) is 0 Å². The predicted octanol–water partition coefficient (Wildman–Crippen LogP) is 2.33. The molecular formula is C16H21N3O4S. The van der Waals surface area contributed by atoms with Gasteiger partial charge in [-0.3, -0.25) is 0 Å². The molecule has 0 spiro atoms. The lowest BCUT2D eigenvalue weighted by Gasteiger charge is -2.30. The molecule has 3 rings (SSSR count). The third kappa shape index (κ3) is 3.11. The van der Waals surface area contributed by atoms with Crippen molar-refractivity contribution >= 4 is 39.0 Å². The van der Waals surface area contributed by atoms with E-state index in [1.54, 1.807) is 0 Å². The molecule has 2 aromatic heterocycles. The van der Waals surface area contributed by atoms with Crippen LogP contribution < -0.4 is 15.4 Å². The van der Waals surface area contributed by atoms with Gasteiger partial charge in [0.15, 0.2) is 0 Å². The fraction of sp³-hybridized carbons (Fsp3) is 0.500. The van der Waals surface area contributed by atoms with E-state index >= 15 is 0 Å². The summed E-state index contributed by atoms with van der Waals surface area (Å²) < 4.78 is 5.87. The van der Waals surface area contributed by atoms with Crippen LogP contribution in [0.1, 0.15) is 36.4 Å². The van der Waals surface area contributed by atoms with E-state index in [1.807, 2.05) is 19.9 Å². The van der Waals surface area contributed by atoms with Crippen molar-refractivity contribution in [1.29, 1.82) is 0 Å². The second-order valence-electron chi connectivity index (χ2n) is 6.19. The van der Waals surface area contributed by atoms with Crippen LogP contribution >= 0.6 is 11.3 Å². The van der Waals surface area contributed by atoms with Gasteiger partial charge in [-0.2, -0.15) is 0 Å². The number of thiophene rings is 1. The van der Waals surface area contributed by atoms with E-state index in [0.29, 0.717) is 41.9 Å². The van der Waals surface area contributed by atoms with Gasteiger partial charge in [0.25, 0.3) is 0 Å². The first-order valence-electron chi connectivity index (χ1n) is 7.92. The average molecular weight is 351 g/mol. The van der Waals surface area contributed by atoms with Crippen LogP contribution in [0.25, 0.3) is 10.2 Å². The highest BCUT2D eigenvalue weighted by Gasteiger charge is 2.24. The van der Waals surface area contributed by atoms with Crippen molar-refractivity contribution in [3.8, 4) is 5.75 Å². The molecule has 4 N–H and O–H groups in total. The van der Waals surface area contributed by atoms with Crippen molar-refractivity contribution in [2.45, 2.75) is 38.9 Å². The van der Waals surface area contributed by atoms with Gasteiger partial charge in [0, 0.05) is 19.2 Å². The molecule has 24 heavy (non-hydrogen) atoms. The van der Waals surface area contributed by atoms with Crippen LogP contribution in [-0.4, -0.2) is 46.5 Å². The minimum atomic E-state index is -1.06. The Morgan fingerprint density at radius 3 is 2.71 bits per heavy atom. The Morgan fingerprint density at radius 2 is 2.12 bits per heavy atom. The fourth-order valence-electron chi connectivity index (χ4n) is 2.84. The van der Waals surface area contributed by atoms with Crippen LogP contribution in [0.3, 0.4) is 0 Å². The van der Waals surface area contributed by atoms with E-state index in [4.69, 9.17) is 10.5 Å². The number of pyridine rings is 1. The number of aliphatic hydroxyl groups is 1. The number of nitrogen functional groups attached to an aromatic ring is 1. The fourth-order valence-corrected chi connectivity index (χ4v) is 3.78. The quantitative estimate of drug-likeness (QED) is 0.775. The number of carboxylic acids is 1. The standard InChI is InChI=1S/C16H21N3O4S/c1-8(2)23-10-7-11(19-5-3-9(20)4-6-19)18-15-12(10)13(17)14(24-15)16(21)22/h7-9,20H,3-6,17H2,1-2H3,(H,21,22). The zero-order chi connectivity index (χ0) is 17.4. The van der Waals surface area contributed by atoms with Crippen molar-refractivity contribution in [3.05, 3.63) is 10.9 Å². The van der Waals surface area contributed by atoms with E-state index in [0.717, 1.165) is 17.2 Å². The molecule has 1 aliphatic heterocycles. The van der Waals surface area contributed by atoms with Gasteiger partial charge < -0.3 is 25.6 Å². The van der Waals surface area contributed by atoms with Crippen molar-refractivity contribution in [1.82, 2.24) is 4.98 Å². The van der Waals surface area contributed by atoms with Crippen LogP contribution in [0.5, 0.6) is 5.75 Å². The zero-order valence-electron chi connectivity index (χ0n) is 13.7. The Balaban J connectivity index is 2.10. The summed E-state index contributed by atoms with van der Waals surface area (Å²) in [4.78, 5) is 18.7. The molecular weight excluding hydrogens is 330 g/mol. The first kappa shape index (κ1) is 16.8. The number of piperidine rings is 1. The SMILES string of the molecule is CC(C)Oc1cc(N2CCC(O)CC2)nc2sc(C(=O)O)c(N)c12. The molecule has 0 aliphatic carbocycles. The monoisotopic (exact) mass is 351 g/mol. The van der Waals surface area contributed by atoms with E-state index < -0.39 is 5.97 Å². The van der Waals surface area contributed by atoms with Crippen molar-refractivity contribution in [2.75, 3.05) is 23.7 Å². The Morgan fingerprint density at radius 1 is 1.46 bits per heavy atom. The number of hydrogen-bond acceptors (Lipinski definition) is 7. The summed E-state index contributed by atoms with van der Waals surface area (Å²) in [6, 6.07) is 1.81. The summed E-state index contributed by atoms with van der Waals surface area (Å²) >= 11 is 1.06. The smallest absolute Gasteiger partial charge is 0.348 e. The molecule has 0 amide bonds. The number of nitrogens with two attached hydrogens (primary N) is 1. The number of aromatic nitrogens is 1. The lowest BCUT2D eigenvalue weighted by molar-refractivity contribution is 0.0703. The van der Waals surface area contributed by atoms with Gasteiger partial charge >= 0.3 is 5.97 Å². The maximum Gasteiger partial charge on any atom is 0.348 e. The lowest BCUT2D eigenvalue weighted by Crippen LogP contribution is -2.36. The number of hydrogen-bond donors (Lipinski definition) is 3. The molecule has 1 saturated heterocycles. The minimum absolute atomic E-state index is 0.0702. The van der Waals surface area contributed by atoms with E-state index in [-0.39, 0.29) is 22.8 Å². The second-order valence-corrected chi connectivity index (χ2v) is 7.19. The molecule has 0 unspecified atom stereocenters. The summed E-state index contributed by atoms with van der Waals surface area (Å²) in [5, 5.41) is 19.5. The highest BCUT2D eigenvalue weighted by molar-refractivity contribution is 7.21. The van der Waals surface area contributed by atoms with Crippen LogP contribution in [0.2, 0.25) is 0 Å². The Kier molecular flexibility index (Phi) is 4.51. The first-order valence-corrected chi connectivity index (χ1v) is 8.74. The molecule has 1 aliphatic rings. The van der Waals surface area contributed by atoms with Gasteiger partial charge in [-0.1, -0.05) is 0 Å². The molecule has 130 valence electrons. The maximum absolute atomic E-state index is 11.4. The predicted molar refractivity (Wildman–Crippen MR) is 94.2 cm³/mol.